The molecule has 0 spiro atoms. The Morgan fingerprint density at radius 3 is 2.39 bits per heavy atom. The number of aliphatic hydroxyl groups is 1. The molecule has 6 N–H and O–H groups in total. The summed E-state index contributed by atoms with van der Waals surface area (Å²) in [7, 11) is 4.51. The molecule has 2 bridgehead atoms. The molecular weight excluding hydrogens is 711 g/mol. The number of piperidine rings is 1. The summed E-state index contributed by atoms with van der Waals surface area (Å²) in [4.78, 5) is 40.4. The molecule has 0 saturated carbocycles. The zero-order valence-corrected chi connectivity index (χ0v) is 31.5. The largest absolute Gasteiger partial charge is 0.506 e. The van der Waals surface area contributed by atoms with E-state index in [2.05, 4.69) is 41.1 Å². The van der Waals surface area contributed by atoms with Crippen LogP contribution in [0.3, 0.4) is 0 Å². The third kappa shape index (κ3) is 7.92. The van der Waals surface area contributed by atoms with Crippen LogP contribution >= 0.6 is 0 Å². The third-order valence-corrected chi connectivity index (χ3v) is 11.8. The minimum atomic E-state index is -0.860. The molecule has 12 nitrogen and oxygen atoms in total. The number of aromatic hydroxyl groups is 1. The molecule has 1 aromatic heterocycles. The highest BCUT2D eigenvalue weighted by molar-refractivity contribution is 5.92. The van der Waals surface area contributed by atoms with Gasteiger partial charge in [-0.05, 0) is 71.5 Å². The van der Waals surface area contributed by atoms with Gasteiger partial charge in [0.1, 0.15) is 36.1 Å². The van der Waals surface area contributed by atoms with Gasteiger partial charge in [-0.3, -0.25) is 14.9 Å². The van der Waals surface area contributed by atoms with Crippen LogP contribution in [-0.4, -0.2) is 82.7 Å². The molecule has 290 valence electrons. The summed E-state index contributed by atoms with van der Waals surface area (Å²) in [5.41, 5.74) is 5.87. The normalized spacial score (nSPS) is 22.2. The highest BCUT2D eigenvalue weighted by Crippen LogP contribution is 2.51. The first kappa shape index (κ1) is 37.4. The van der Waals surface area contributed by atoms with E-state index >= 15 is 0 Å². The lowest BCUT2D eigenvalue weighted by molar-refractivity contribution is -0.938. The molecule has 3 aliphatic heterocycles. The standard InChI is InChI=1S/C44H47N5O7/c1-49(2)35-22-30(23-36(49)43-42(35)56-43)55-44(54)47-34-18-13-26(21-33(34)28-8-4-3-5-9-28)7-6-10-39(52)46-29-14-11-27(12-15-29)24-45-25-38(51)31-16-19-37(50)41-32(31)17-20-40(53)48-41/h3-5,8-9,11-21,30,35-36,38,42-43,45,51H,6-7,10,22-25H2,1-2H3,(H3-,46,47,48,50,52,53,54)/p+1/t30?,35-,36+,38-,42-,43+/m0/s1. The second-order valence-corrected chi connectivity index (χ2v) is 15.7. The van der Waals surface area contributed by atoms with Crippen molar-refractivity contribution >= 4 is 34.3 Å². The first-order valence-corrected chi connectivity index (χ1v) is 19.3. The maximum absolute atomic E-state index is 13.2. The second-order valence-electron chi connectivity index (χ2n) is 15.7. The molecule has 6 atom stereocenters. The van der Waals surface area contributed by atoms with E-state index in [4.69, 9.17) is 9.47 Å². The monoisotopic (exact) mass is 758 g/mol. The number of anilines is 2. The highest BCUT2D eigenvalue weighted by atomic mass is 16.6. The fourth-order valence-corrected chi connectivity index (χ4v) is 8.70. The number of hydrogen-bond acceptors (Lipinski definition) is 8. The molecule has 4 heterocycles. The maximum Gasteiger partial charge on any atom is 0.411 e. The van der Waals surface area contributed by atoms with Crippen LogP contribution < -0.4 is 21.5 Å². The van der Waals surface area contributed by atoms with Crippen molar-refractivity contribution in [3.05, 3.63) is 124 Å². The van der Waals surface area contributed by atoms with Crippen LogP contribution in [0.4, 0.5) is 16.2 Å². The second kappa shape index (κ2) is 15.5. The van der Waals surface area contributed by atoms with Gasteiger partial charge in [-0.2, -0.15) is 0 Å². The molecule has 1 unspecified atom stereocenters. The fourth-order valence-electron chi connectivity index (χ4n) is 8.70. The van der Waals surface area contributed by atoms with Gasteiger partial charge >= 0.3 is 6.09 Å². The first-order chi connectivity index (χ1) is 27.0. The van der Waals surface area contributed by atoms with Crippen molar-refractivity contribution < 1.29 is 33.8 Å². The molecule has 56 heavy (non-hydrogen) atoms. The number of pyridine rings is 1. The van der Waals surface area contributed by atoms with Crippen LogP contribution in [0.5, 0.6) is 5.75 Å². The zero-order chi connectivity index (χ0) is 39.0. The number of carbonyl (C=O) groups excluding carboxylic acids is 2. The van der Waals surface area contributed by atoms with E-state index in [9.17, 15) is 24.6 Å². The number of aromatic amines is 1. The van der Waals surface area contributed by atoms with Gasteiger partial charge in [0.25, 0.3) is 0 Å². The Morgan fingerprint density at radius 1 is 0.911 bits per heavy atom. The van der Waals surface area contributed by atoms with E-state index in [1.54, 1.807) is 12.1 Å². The average molecular weight is 759 g/mol. The first-order valence-electron chi connectivity index (χ1n) is 19.3. The lowest BCUT2D eigenvalue weighted by Crippen LogP contribution is -2.60. The molecule has 3 aliphatic rings. The van der Waals surface area contributed by atoms with Gasteiger partial charge in [-0.15, -0.1) is 0 Å². The quantitative estimate of drug-likeness (QED) is 0.0630. The Balaban J connectivity index is 0.807. The van der Waals surface area contributed by atoms with Gasteiger partial charge in [-0.1, -0.05) is 54.6 Å². The molecule has 0 aliphatic carbocycles. The molecule has 2 amide bonds. The predicted molar refractivity (Wildman–Crippen MR) is 214 cm³/mol. The van der Waals surface area contributed by atoms with Crippen LogP contribution in [0, 0.1) is 0 Å². The van der Waals surface area contributed by atoms with Gasteiger partial charge in [0.15, 0.2) is 0 Å². The molecule has 0 radical (unpaired) electrons. The van der Waals surface area contributed by atoms with E-state index in [0.717, 1.165) is 39.6 Å². The number of aryl methyl sites for hydroxylation is 1. The number of aliphatic hydroxyl groups excluding tert-OH is 1. The number of epoxide rings is 1. The summed E-state index contributed by atoms with van der Waals surface area (Å²) in [6, 6.07) is 30.3. The molecule has 3 saturated heterocycles. The Morgan fingerprint density at radius 2 is 1.64 bits per heavy atom. The van der Waals surface area contributed by atoms with Crippen LogP contribution in [0.1, 0.15) is 48.5 Å². The highest BCUT2D eigenvalue weighted by Gasteiger charge is 2.70. The van der Waals surface area contributed by atoms with Crippen molar-refractivity contribution in [1.82, 2.24) is 10.3 Å². The minimum Gasteiger partial charge on any atom is -0.506 e. The van der Waals surface area contributed by atoms with Gasteiger partial charge in [0.2, 0.25) is 11.5 Å². The summed E-state index contributed by atoms with van der Waals surface area (Å²) in [5, 5.41) is 30.8. The molecule has 3 fully saturated rings. The Labute approximate surface area is 325 Å². The topological polar surface area (TPSA) is 165 Å². The van der Waals surface area contributed by atoms with Crippen LogP contribution in [-0.2, 0) is 27.2 Å². The van der Waals surface area contributed by atoms with E-state index in [0.29, 0.717) is 77.9 Å². The number of fused-ring (bicyclic) bond motifs is 6. The van der Waals surface area contributed by atoms with Crippen molar-refractivity contribution in [2.45, 2.75) is 75.1 Å². The molecule has 4 aromatic carbocycles. The fraction of sp³-hybridized carbons (Fsp3) is 0.341. The summed E-state index contributed by atoms with van der Waals surface area (Å²) in [5.74, 6) is -0.129. The van der Waals surface area contributed by atoms with E-state index < -0.39 is 12.2 Å². The Bertz CT molecular complexity index is 2270. The maximum atomic E-state index is 13.2. The summed E-state index contributed by atoms with van der Waals surface area (Å²) in [6.07, 6.45) is 2.45. The molecule has 5 aromatic rings. The number of aromatic nitrogens is 1. The summed E-state index contributed by atoms with van der Waals surface area (Å²) in [6.45, 7) is 0.751. The number of morpholine rings is 1. The van der Waals surface area contributed by atoms with Crippen LogP contribution in [0.15, 0.2) is 102 Å². The number of ether oxygens (including phenoxy) is 2. The Hall–Kier alpha value is -5.53. The summed E-state index contributed by atoms with van der Waals surface area (Å²) < 4.78 is 12.8. The van der Waals surface area contributed by atoms with E-state index in [1.165, 1.54) is 12.1 Å². The lowest BCUT2D eigenvalue weighted by Gasteiger charge is -2.45. The minimum absolute atomic E-state index is 0.0528. The number of likely N-dealkylation sites (N-methyl/N-ethyl adjacent to an activating group) is 1. The Kier molecular flexibility index (Phi) is 10.4. The average Bonchev–Trinajstić information content (AvgIpc) is 3.96. The number of H-pyrrole nitrogens is 1. The number of nitrogens with zero attached hydrogens (tertiary/aromatic N) is 1. The molecule has 12 heteroatoms. The predicted octanol–water partition coefficient (Wildman–Crippen LogP) is 5.99. The van der Waals surface area contributed by atoms with Gasteiger partial charge in [0, 0.05) is 55.1 Å². The number of quaternary nitrogens is 1. The number of phenols is 1. The van der Waals surface area contributed by atoms with Crippen molar-refractivity contribution in [2.24, 2.45) is 0 Å². The van der Waals surface area contributed by atoms with Gasteiger partial charge in [0.05, 0.1) is 31.4 Å². The lowest BCUT2D eigenvalue weighted by atomic mass is 9.96. The zero-order valence-electron chi connectivity index (χ0n) is 31.5. The summed E-state index contributed by atoms with van der Waals surface area (Å²) >= 11 is 0. The van der Waals surface area contributed by atoms with Crippen LogP contribution in [0.2, 0.25) is 0 Å². The number of rotatable bonds is 13. The van der Waals surface area contributed by atoms with E-state index in [-0.39, 0.29) is 29.9 Å². The third-order valence-electron chi connectivity index (χ3n) is 11.8. The van der Waals surface area contributed by atoms with Crippen molar-refractivity contribution in [2.75, 3.05) is 31.3 Å². The number of phenolic OH excluding ortho intramolecular Hbond substituents is 1. The van der Waals surface area contributed by atoms with E-state index in [1.807, 2.05) is 66.7 Å². The van der Waals surface area contributed by atoms with Crippen LogP contribution in [0.25, 0.3) is 22.0 Å². The van der Waals surface area contributed by atoms with Crippen molar-refractivity contribution in [1.29, 1.82) is 0 Å². The van der Waals surface area contributed by atoms with Gasteiger partial charge < -0.3 is 39.8 Å². The SMILES string of the molecule is C[N+]1(C)[C@@H]2CC(OC(=O)Nc3ccc(CCCC(=O)Nc4ccc(CNC[C@H](O)c5ccc(O)c6[nH]c(=O)ccc56)cc4)cc3-c3ccccc3)C[C@H]1[C@@H]1O[C@@H]12. The number of benzene rings is 4. The van der Waals surface area contributed by atoms with Crippen molar-refractivity contribution in [3.63, 3.8) is 0 Å². The number of nitrogens with one attached hydrogen (secondary N) is 4. The number of hydrogen-bond donors (Lipinski definition) is 6. The molecular formula is C44H48N5O7+. The van der Waals surface area contributed by atoms with Crippen molar-refractivity contribution in [3.8, 4) is 16.9 Å². The number of amides is 2. The molecule has 8 rings (SSSR count). The number of carbonyl (C=O) groups is 2. The van der Waals surface area contributed by atoms with Gasteiger partial charge in [-0.25, -0.2) is 4.79 Å². The smallest absolute Gasteiger partial charge is 0.411 e.